The molecule has 3 nitrogen and oxygen atoms in total. The van der Waals surface area contributed by atoms with Crippen molar-refractivity contribution < 1.29 is 9.53 Å². The minimum absolute atomic E-state index is 0.158. The molecule has 1 N–H and O–H groups in total. The maximum atomic E-state index is 11.2. The van der Waals surface area contributed by atoms with Gasteiger partial charge in [-0.3, -0.25) is 4.79 Å². The van der Waals surface area contributed by atoms with Gasteiger partial charge in [0.15, 0.2) is 0 Å². The molecule has 0 radical (unpaired) electrons. The van der Waals surface area contributed by atoms with Gasteiger partial charge in [-0.2, -0.15) is 0 Å². The molecule has 1 aliphatic heterocycles. The molecule has 1 aromatic rings. The summed E-state index contributed by atoms with van der Waals surface area (Å²) in [5.74, 6) is 1.09. The molecule has 1 aromatic carbocycles. The lowest BCUT2D eigenvalue weighted by atomic mass is 10.0. The summed E-state index contributed by atoms with van der Waals surface area (Å²) in [6.07, 6.45) is 3.39. The first-order valence-corrected chi connectivity index (χ1v) is 7.19. The normalized spacial score (nSPS) is 18.8. The third-order valence-electron chi connectivity index (χ3n) is 3.04. The molecule has 1 amide bonds. The van der Waals surface area contributed by atoms with E-state index in [1.807, 2.05) is 12.1 Å². The van der Waals surface area contributed by atoms with E-state index in [9.17, 15) is 4.79 Å². The molecule has 2 rings (SSSR count). The van der Waals surface area contributed by atoms with E-state index >= 15 is 0 Å². The molecule has 4 heteroatoms. The Balaban J connectivity index is 2.09. The van der Waals surface area contributed by atoms with E-state index in [4.69, 9.17) is 4.74 Å². The number of hydrogen-bond donors (Lipinski definition) is 1. The fraction of sp³-hybridized carbons (Fsp3) is 0.500. The summed E-state index contributed by atoms with van der Waals surface area (Å²) < 4.78 is 6.79. The Bertz CT molecular complexity index is 434. The molecule has 1 heterocycles. The molecule has 98 valence electrons. The minimum Gasteiger partial charge on any atom is -0.493 e. The molecular weight excluding hydrogens is 294 g/mol. The zero-order valence-corrected chi connectivity index (χ0v) is 12.1. The predicted octanol–water partition coefficient (Wildman–Crippen LogP) is 3.06. The van der Waals surface area contributed by atoms with Gasteiger partial charge in [-0.1, -0.05) is 22.9 Å². The second kappa shape index (κ2) is 6.23. The fourth-order valence-corrected chi connectivity index (χ4v) is 2.56. The van der Waals surface area contributed by atoms with Crippen molar-refractivity contribution in [1.29, 1.82) is 0 Å². The van der Waals surface area contributed by atoms with Crippen LogP contribution in [0.25, 0.3) is 0 Å². The predicted molar refractivity (Wildman–Crippen MR) is 74.8 cm³/mol. The Morgan fingerprint density at radius 1 is 1.50 bits per heavy atom. The van der Waals surface area contributed by atoms with Gasteiger partial charge in [0.05, 0.1) is 6.61 Å². The first-order valence-electron chi connectivity index (χ1n) is 6.39. The van der Waals surface area contributed by atoms with Crippen molar-refractivity contribution >= 4 is 21.8 Å². The van der Waals surface area contributed by atoms with Crippen molar-refractivity contribution in [2.45, 2.75) is 38.6 Å². The number of amides is 1. The highest BCUT2D eigenvalue weighted by Crippen LogP contribution is 2.26. The summed E-state index contributed by atoms with van der Waals surface area (Å²) >= 11 is 3.48. The summed E-state index contributed by atoms with van der Waals surface area (Å²) in [7, 11) is 0. The van der Waals surface area contributed by atoms with Crippen LogP contribution in [0.4, 0.5) is 0 Å². The van der Waals surface area contributed by atoms with Crippen LogP contribution in [-0.4, -0.2) is 18.6 Å². The van der Waals surface area contributed by atoms with Gasteiger partial charge in [0.25, 0.3) is 0 Å². The van der Waals surface area contributed by atoms with Gasteiger partial charge in [-0.15, -0.1) is 0 Å². The van der Waals surface area contributed by atoms with Gasteiger partial charge in [0, 0.05) is 16.9 Å². The third kappa shape index (κ3) is 3.48. The fourth-order valence-electron chi connectivity index (χ4n) is 2.16. The topological polar surface area (TPSA) is 38.3 Å². The summed E-state index contributed by atoms with van der Waals surface area (Å²) in [5.41, 5.74) is 1.16. The SMILES string of the molecule is CCCOc1ccc(Br)cc1CC1CCC(=O)N1. The van der Waals surface area contributed by atoms with Gasteiger partial charge >= 0.3 is 0 Å². The molecule has 0 bridgehead atoms. The van der Waals surface area contributed by atoms with Gasteiger partial charge in [-0.25, -0.2) is 0 Å². The first kappa shape index (κ1) is 13.4. The Labute approximate surface area is 116 Å². The van der Waals surface area contributed by atoms with Crippen LogP contribution in [0, 0.1) is 0 Å². The lowest BCUT2D eigenvalue weighted by molar-refractivity contribution is -0.119. The summed E-state index contributed by atoms with van der Waals surface area (Å²) in [4.78, 5) is 11.2. The smallest absolute Gasteiger partial charge is 0.220 e. The number of rotatable bonds is 5. The Morgan fingerprint density at radius 3 is 3.00 bits per heavy atom. The highest BCUT2D eigenvalue weighted by Gasteiger charge is 2.22. The zero-order chi connectivity index (χ0) is 13.0. The van der Waals surface area contributed by atoms with Crippen molar-refractivity contribution in [2.24, 2.45) is 0 Å². The third-order valence-corrected chi connectivity index (χ3v) is 3.53. The first-order chi connectivity index (χ1) is 8.69. The molecule has 0 saturated carbocycles. The van der Waals surface area contributed by atoms with Gasteiger partial charge in [0.1, 0.15) is 5.75 Å². The summed E-state index contributed by atoms with van der Waals surface area (Å²) in [6, 6.07) is 6.30. The zero-order valence-electron chi connectivity index (χ0n) is 10.5. The quantitative estimate of drug-likeness (QED) is 0.907. The molecule has 1 saturated heterocycles. The monoisotopic (exact) mass is 311 g/mol. The Kier molecular flexibility index (Phi) is 4.64. The van der Waals surface area contributed by atoms with Crippen molar-refractivity contribution in [3.8, 4) is 5.75 Å². The maximum Gasteiger partial charge on any atom is 0.220 e. The second-order valence-electron chi connectivity index (χ2n) is 4.61. The standard InChI is InChI=1S/C14H18BrNO2/c1-2-7-18-13-5-3-11(15)8-10(13)9-12-4-6-14(17)16-12/h3,5,8,12H,2,4,6-7,9H2,1H3,(H,16,17). The van der Waals surface area contributed by atoms with E-state index in [2.05, 4.69) is 34.2 Å². The number of carbonyl (C=O) groups is 1. The average Bonchev–Trinajstić information content (AvgIpc) is 2.74. The summed E-state index contributed by atoms with van der Waals surface area (Å²) in [6.45, 7) is 2.82. The second-order valence-corrected chi connectivity index (χ2v) is 5.52. The van der Waals surface area contributed by atoms with Crippen molar-refractivity contribution in [1.82, 2.24) is 5.32 Å². The van der Waals surface area contributed by atoms with Crippen LogP contribution in [0.15, 0.2) is 22.7 Å². The number of ether oxygens (including phenoxy) is 1. The highest BCUT2D eigenvalue weighted by atomic mass is 79.9. The Hall–Kier alpha value is -1.03. The van der Waals surface area contributed by atoms with Crippen molar-refractivity contribution in [2.75, 3.05) is 6.61 Å². The van der Waals surface area contributed by atoms with Gasteiger partial charge < -0.3 is 10.1 Å². The molecule has 0 aliphatic carbocycles. The maximum absolute atomic E-state index is 11.2. The lowest BCUT2D eigenvalue weighted by Crippen LogP contribution is -2.27. The van der Waals surface area contributed by atoms with Crippen molar-refractivity contribution in [3.63, 3.8) is 0 Å². The molecule has 1 fully saturated rings. The van der Waals surface area contributed by atoms with Gasteiger partial charge in [-0.05, 0) is 43.0 Å². The van der Waals surface area contributed by atoms with Crippen LogP contribution in [0.2, 0.25) is 0 Å². The van der Waals surface area contributed by atoms with E-state index in [0.717, 1.165) is 41.7 Å². The molecular formula is C14H18BrNO2. The molecule has 0 aromatic heterocycles. The van der Waals surface area contributed by atoms with Crippen LogP contribution < -0.4 is 10.1 Å². The van der Waals surface area contributed by atoms with Crippen molar-refractivity contribution in [3.05, 3.63) is 28.2 Å². The molecule has 1 aliphatic rings. The summed E-state index contributed by atoms with van der Waals surface area (Å²) in [5, 5.41) is 3.00. The van der Waals surface area contributed by atoms with E-state index in [1.54, 1.807) is 0 Å². The number of nitrogens with one attached hydrogen (secondary N) is 1. The van der Waals surface area contributed by atoms with Gasteiger partial charge in [0.2, 0.25) is 5.91 Å². The number of carbonyl (C=O) groups excluding carboxylic acids is 1. The molecule has 0 spiro atoms. The van der Waals surface area contributed by atoms with Crippen LogP contribution in [0.1, 0.15) is 31.7 Å². The van der Waals surface area contributed by atoms with E-state index < -0.39 is 0 Å². The Morgan fingerprint density at radius 2 is 2.33 bits per heavy atom. The number of halogens is 1. The average molecular weight is 312 g/mol. The van der Waals surface area contributed by atoms with Crippen LogP contribution >= 0.6 is 15.9 Å². The largest absolute Gasteiger partial charge is 0.493 e. The molecule has 1 atom stereocenters. The highest BCUT2D eigenvalue weighted by molar-refractivity contribution is 9.10. The molecule has 18 heavy (non-hydrogen) atoms. The number of hydrogen-bond acceptors (Lipinski definition) is 2. The lowest BCUT2D eigenvalue weighted by Gasteiger charge is -2.15. The van der Waals surface area contributed by atoms with Crippen LogP contribution in [0.5, 0.6) is 5.75 Å². The molecule has 1 unspecified atom stereocenters. The minimum atomic E-state index is 0.158. The van der Waals surface area contributed by atoms with Crippen LogP contribution in [-0.2, 0) is 11.2 Å². The van der Waals surface area contributed by atoms with Crippen LogP contribution in [0.3, 0.4) is 0 Å². The van der Waals surface area contributed by atoms with E-state index in [-0.39, 0.29) is 11.9 Å². The van der Waals surface area contributed by atoms with E-state index in [0.29, 0.717) is 6.42 Å². The van der Waals surface area contributed by atoms with E-state index in [1.165, 1.54) is 0 Å². The number of benzene rings is 1.